The van der Waals surface area contributed by atoms with E-state index < -0.39 is 5.82 Å². The largest absolute Gasteiger partial charge is 0.344 e. The molecule has 102 valence electrons. The number of H-pyrrole nitrogens is 1. The molecule has 3 aromatic rings. The van der Waals surface area contributed by atoms with E-state index in [0.29, 0.717) is 16.7 Å². The average molecular weight is 272 g/mol. The molecule has 0 fully saturated rings. The molecule has 0 aliphatic rings. The molecule has 0 spiro atoms. The summed E-state index contributed by atoms with van der Waals surface area (Å²) in [6.07, 6.45) is 3.13. The number of halogens is 1. The Morgan fingerprint density at radius 1 is 1.35 bits per heavy atom. The zero-order chi connectivity index (χ0) is 14.3. The van der Waals surface area contributed by atoms with Crippen molar-refractivity contribution in [3.05, 3.63) is 58.4 Å². The van der Waals surface area contributed by atoms with Gasteiger partial charge in [0.05, 0.1) is 23.3 Å². The Morgan fingerprint density at radius 2 is 2.15 bits per heavy atom. The summed E-state index contributed by atoms with van der Waals surface area (Å²) in [5, 5.41) is 0.393. The van der Waals surface area contributed by atoms with Crippen molar-refractivity contribution in [3.63, 3.8) is 0 Å². The summed E-state index contributed by atoms with van der Waals surface area (Å²) in [4.78, 5) is 23.9. The number of imidazole rings is 1. The minimum atomic E-state index is -0.406. The van der Waals surface area contributed by atoms with Crippen LogP contribution in [0.4, 0.5) is 4.39 Å². The minimum absolute atomic E-state index is 0.212. The molecule has 5 nitrogen and oxygen atoms in total. The standard InChI is InChI=1S/C14H13FN4O/c1-8-6-16-13(18-8)9(2)19-7-17-12-5-10(15)3-4-11(12)14(19)20/h3-7,9H,1-2H3,(H,16,18)/t9-/m1/s1. The molecular formula is C14H13FN4O. The number of fused-ring (bicyclic) bond motifs is 1. The summed E-state index contributed by atoms with van der Waals surface area (Å²) in [6, 6.07) is 3.70. The summed E-state index contributed by atoms with van der Waals surface area (Å²) < 4.78 is 14.6. The number of hydrogen-bond donors (Lipinski definition) is 1. The molecule has 0 bridgehead atoms. The second-order valence-corrected chi connectivity index (χ2v) is 4.75. The summed E-state index contributed by atoms with van der Waals surface area (Å²) in [6.45, 7) is 3.75. The van der Waals surface area contributed by atoms with Crippen LogP contribution in [-0.2, 0) is 0 Å². The summed E-state index contributed by atoms with van der Waals surface area (Å²) in [5.74, 6) is 0.282. The van der Waals surface area contributed by atoms with Crippen LogP contribution in [0, 0.1) is 12.7 Å². The number of benzene rings is 1. The van der Waals surface area contributed by atoms with Crippen molar-refractivity contribution in [2.45, 2.75) is 19.9 Å². The first kappa shape index (κ1) is 12.5. The predicted octanol–water partition coefficient (Wildman–Crippen LogP) is 2.18. The fourth-order valence-corrected chi connectivity index (χ4v) is 2.16. The maximum absolute atomic E-state index is 13.1. The van der Waals surface area contributed by atoms with Crippen LogP contribution in [0.15, 0.2) is 35.5 Å². The minimum Gasteiger partial charge on any atom is -0.344 e. The van der Waals surface area contributed by atoms with Crippen molar-refractivity contribution in [2.75, 3.05) is 0 Å². The molecule has 0 aliphatic carbocycles. The van der Waals surface area contributed by atoms with E-state index in [2.05, 4.69) is 15.0 Å². The molecule has 1 atom stereocenters. The van der Waals surface area contributed by atoms with Gasteiger partial charge in [-0.05, 0) is 26.0 Å². The Bertz CT molecular complexity index is 837. The van der Waals surface area contributed by atoms with Crippen LogP contribution in [0.2, 0.25) is 0 Å². The summed E-state index contributed by atoms with van der Waals surface area (Å²) >= 11 is 0. The van der Waals surface area contributed by atoms with Crippen LogP contribution < -0.4 is 5.56 Å². The van der Waals surface area contributed by atoms with E-state index in [1.807, 2.05) is 13.8 Å². The third-order valence-electron chi connectivity index (χ3n) is 3.28. The predicted molar refractivity (Wildman–Crippen MR) is 73.1 cm³/mol. The third-order valence-corrected chi connectivity index (χ3v) is 3.28. The van der Waals surface area contributed by atoms with Crippen molar-refractivity contribution >= 4 is 10.9 Å². The van der Waals surface area contributed by atoms with E-state index >= 15 is 0 Å². The molecule has 2 heterocycles. The zero-order valence-corrected chi connectivity index (χ0v) is 11.1. The average Bonchev–Trinajstić information content (AvgIpc) is 2.85. The highest BCUT2D eigenvalue weighted by atomic mass is 19.1. The molecule has 20 heavy (non-hydrogen) atoms. The maximum Gasteiger partial charge on any atom is 0.261 e. The molecule has 0 aliphatic heterocycles. The monoisotopic (exact) mass is 272 g/mol. The van der Waals surface area contributed by atoms with Gasteiger partial charge in [-0.3, -0.25) is 9.36 Å². The Kier molecular flexibility index (Phi) is 2.85. The summed E-state index contributed by atoms with van der Waals surface area (Å²) in [7, 11) is 0. The molecule has 0 saturated heterocycles. The number of aromatic amines is 1. The van der Waals surface area contributed by atoms with E-state index in [0.717, 1.165) is 5.69 Å². The fraction of sp³-hybridized carbons (Fsp3) is 0.214. The number of hydrogen-bond acceptors (Lipinski definition) is 3. The van der Waals surface area contributed by atoms with Crippen LogP contribution in [0.3, 0.4) is 0 Å². The molecule has 1 N–H and O–H groups in total. The number of rotatable bonds is 2. The van der Waals surface area contributed by atoms with Crippen LogP contribution in [0.1, 0.15) is 24.5 Å². The van der Waals surface area contributed by atoms with Crippen molar-refractivity contribution in [3.8, 4) is 0 Å². The molecule has 0 unspecified atom stereocenters. The Hall–Kier alpha value is -2.50. The highest BCUT2D eigenvalue weighted by molar-refractivity contribution is 5.77. The normalized spacial score (nSPS) is 12.8. The quantitative estimate of drug-likeness (QED) is 0.777. The van der Waals surface area contributed by atoms with Crippen LogP contribution >= 0.6 is 0 Å². The first-order chi connectivity index (χ1) is 9.56. The Morgan fingerprint density at radius 3 is 2.85 bits per heavy atom. The van der Waals surface area contributed by atoms with Gasteiger partial charge in [0.15, 0.2) is 0 Å². The maximum atomic E-state index is 13.1. The molecular weight excluding hydrogens is 259 g/mol. The van der Waals surface area contributed by atoms with Crippen molar-refractivity contribution in [2.24, 2.45) is 0 Å². The van der Waals surface area contributed by atoms with E-state index in [9.17, 15) is 9.18 Å². The van der Waals surface area contributed by atoms with Gasteiger partial charge in [0.1, 0.15) is 11.6 Å². The van der Waals surface area contributed by atoms with Gasteiger partial charge in [-0.15, -0.1) is 0 Å². The lowest BCUT2D eigenvalue weighted by Gasteiger charge is -2.12. The van der Waals surface area contributed by atoms with Gasteiger partial charge in [0.25, 0.3) is 5.56 Å². The zero-order valence-electron chi connectivity index (χ0n) is 11.1. The smallest absolute Gasteiger partial charge is 0.261 e. The number of nitrogens with zero attached hydrogens (tertiary/aromatic N) is 3. The SMILES string of the molecule is Cc1cnc([C@@H](C)n2cnc3cc(F)ccc3c2=O)[nH]1. The second kappa shape index (κ2) is 4.56. The molecule has 0 radical (unpaired) electrons. The van der Waals surface area contributed by atoms with Crippen molar-refractivity contribution in [1.29, 1.82) is 0 Å². The lowest BCUT2D eigenvalue weighted by atomic mass is 10.2. The topological polar surface area (TPSA) is 63.6 Å². The van der Waals surface area contributed by atoms with Gasteiger partial charge in [-0.25, -0.2) is 14.4 Å². The molecule has 2 aromatic heterocycles. The van der Waals surface area contributed by atoms with Gasteiger partial charge < -0.3 is 4.98 Å². The number of aryl methyl sites for hydroxylation is 1. The van der Waals surface area contributed by atoms with Crippen molar-refractivity contribution < 1.29 is 4.39 Å². The van der Waals surface area contributed by atoms with E-state index in [1.54, 1.807) is 6.20 Å². The van der Waals surface area contributed by atoms with Gasteiger partial charge in [0.2, 0.25) is 0 Å². The molecule has 0 amide bonds. The fourth-order valence-electron chi connectivity index (χ4n) is 2.16. The first-order valence-corrected chi connectivity index (χ1v) is 6.24. The molecule has 1 aromatic carbocycles. The summed E-state index contributed by atoms with van der Waals surface area (Å²) in [5.41, 5.74) is 1.07. The van der Waals surface area contributed by atoms with Crippen molar-refractivity contribution in [1.82, 2.24) is 19.5 Å². The van der Waals surface area contributed by atoms with Gasteiger partial charge in [0, 0.05) is 18.0 Å². The second-order valence-electron chi connectivity index (χ2n) is 4.75. The Balaban J connectivity index is 2.15. The van der Waals surface area contributed by atoms with Gasteiger partial charge in [-0.2, -0.15) is 0 Å². The lowest BCUT2D eigenvalue weighted by molar-refractivity contribution is 0.579. The van der Waals surface area contributed by atoms with Gasteiger partial charge >= 0.3 is 0 Å². The molecule has 6 heteroatoms. The first-order valence-electron chi connectivity index (χ1n) is 6.24. The molecule has 0 saturated carbocycles. The van der Waals surface area contributed by atoms with Gasteiger partial charge in [-0.1, -0.05) is 0 Å². The molecule has 3 rings (SSSR count). The van der Waals surface area contributed by atoms with E-state index in [4.69, 9.17) is 0 Å². The van der Waals surface area contributed by atoms with Crippen LogP contribution in [0.5, 0.6) is 0 Å². The highest BCUT2D eigenvalue weighted by Crippen LogP contribution is 2.14. The highest BCUT2D eigenvalue weighted by Gasteiger charge is 2.14. The van der Waals surface area contributed by atoms with E-state index in [1.165, 1.54) is 29.1 Å². The van der Waals surface area contributed by atoms with Crippen LogP contribution in [0.25, 0.3) is 10.9 Å². The van der Waals surface area contributed by atoms with Crippen LogP contribution in [-0.4, -0.2) is 19.5 Å². The third kappa shape index (κ3) is 1.99. The number of aromatic nitrogens is 4. The van der Waals surface area contributed by atoms with E-state index in [-0.39, 0.29) is 11.6 Å². The lowest BCUT2D eigenvalue weighted by Crippen LogP contribution is -2.25. The number of nitrogens with one attached hydrogen (secondary N) is 1. The Labute approximate surface area is 114 Å².